The SMILES string of the molecule is Clc1cc(SSc2cc(Cl)ncn2)ncn1. The Hall–Kier alpha value is -0.560. The number of hydrogen-bond donors (Lipinski definition) is 0. The third-order valence-corrected chi connectivity index (χ3v) is 3.99. The lowest BCUT2D eigenvalue weighted by Gasteiger charge is -1.99. The van der Waals surface area contributed by atoms with E-state index in [1.165, 1.54) is 34.2 Å². The first kappa shape index (κ1) is 11.9. The molecule has 4 nitrogen and oxygen atoms in total. The molecule has 0 saturated heterocycles. The molecule has 0 aromatic carbocycles. The minimum absolute atomic E-state index is 0.416. The first-order valence-electron chi connectivity index (χ1n) is 4.03. The van der Waals surface area contributed by atoms with Crippen LogP contribution >= 0.6 is 44.8 Å². The number of nitrogens with zero attached hydrogens (tertiary/aromatic N) is 4. The highest BCUT2D eigenvalue weighted by Gasteiger charge is 2.02. The molecule has 2 heterocycles. The molecule has 2 rings (SSSR count). The van der Waals surface area contributed by atoms with Crippen molar-refractivity contribution < 1.29 is 0 Å². The van der Waals surface area contributed by atoms with Gasteiger partial charge in [-0.05, 0) is 21.6 Å². The van der Waals surface area contributed by atoms with Crippen LogP contribution in [-0.4, -0.2) is 19.9 Å². The molecule has 0 bridgehead atoms. The van der Waals surface area contributed by atoms with E-state index in [0.717, 1.165) is 10.1 Å². The molecule has 0 aliphatic heterocycles. The van der Waals surface area contributed by atoms with E-state index in [2.05, 4.69) is 19.9 Å². The van der Waals surface area contributed by atoms with Crippen LogP contribution in [0.15, 0.2) is 34.8 Å². The fourth-order valence-electron chi connectivity index (χ4n) is 0.811. The molecular weight excluding hydrogens is 287 g/mol. The van der Waals surface area contributed by atoms with Crippen LogP contribution in [0.25, 0.3) is 0 Å². The predicted octanol–water partition coefficient (Wildman–Crippen LogP) is 3.37. The molecule has 16 heavy (non-hydrogen) atoms. The van der Waals surface area contributed by atoms with E-state index in [-0.39, 0.29) is 0 Å². The predicted molar refractivity (Wildman–Crippen MR) is 65.8 cm³/mol. The van der Waals surface area contributed by atoms with Gasteiger partial charge >= 0.3 is 0 Å². The number of hydrogen-bond acceptors (Lipinski definition) is 6. The van der Waals surface area contributed by atoms with Gasteiger partial charge in [-0.3, -0.25) is 0 Å². The lowest BCUT2D eigenvalue weighted by molar-refractivity contribution is 1.05. The van der Waals surface area contributed by atoms with Crippen molar-refractivity contribution in [2.24, 2.45) is 0 Å². The fraction of sp³-hybridized carbons (Fsp3) is 0. The van der Waals surface area contributed by atoms with E-state index < -0.39 is 0 Å². The molecule has 0 spiro atoms. The molecule has 0 amide bonds. The van der Waals surface area contributed by atoms with Gasteiger partial charge in [0.1, 0.15) is 33.0 Å². The molecule has 2 aromatic rings. The van der Waals surface area contributed by atoms with E-state index >= 15 is 0 Å². The molecule has 0 N–H and O–H groups in total. The summed E-state index contributed by atoms with van der Waals surface area (Å²) in [4.78, 5) is 15.7. The summed E-state index contributed by atoms with van der Waals surface area (Å²) in [5, 5.41) is 2.36. The summed E-state index contributed by atoms with van der Waals surface area (Å²) in [6.45, 7) is 0. The summed E-state index contributed by atoms with van der Waals surface area (Å²) in [5.41, 5.74) is 0. The van der Waals surface area contributed by atoms with Gasteiger partial charge < -0.3 is 0 Å². The summed E-state index contributed by atoms with van der Waals surface area (Å²) < 4.78 is 0. The highest BCUT2D eigenvalue weighted by atomic mass is 35.5. The lowest BCUT2D eigenvalue weighted by Crippen LogP contribution is -1.82. The highest BCUT2D eigenvalue weighted by Crippen LogP contribution is 2.35. The zero-order valence-corrected chi connectivity index (χ0v) is 10.8. The van der Waals surface area contributed by atoms with Gasteiger partial charge in [0.25, 0.3) is 0 Å². The zero-order chi connectivity index (χ0) is 11.4. The third-order valence-electron chi connectivity index (χ3n) is 1.43. The maximum absolute atomic E-state index is 5.73. The molecule has 0 saturated carbocycles. The normalized spacial score (nSPS) is 10.4. The monoisotopic (exact) mass is 290 g/mol. The van der Waals surface area contributed by atoms with Gasteiger partial charge in [-0.15, -0.1) is 0 Å². The average Bonchev–Trinajstić information content (AvgIpc) is 2.27. The summed E-state index contributed by atoms with van der Waals surface area (Å²) in [5.74, 6) is 0. The van der Waals surface area contributed by atoms with E-state index in [0.29, 0.717) is 10.3 Å². The third kappa shape index (κ3) is 3.48. The van der Waals surface area contributed by atoms with Gasteiger partial charge in [-0.1, -0.05) is 23.2 Å². The molecular formula is C8H4Cl2N4S2. The smallest absolute Gasteiger partial charge is 0.133 e. The average molecular weight is 291 g/mol. The first-order chi connectivity index (χ1) is 7.74. The van der Waals surface area contributed by atoms with Crippen LogP contribution < -0.4 is 0 Å². The van der Waals surface area contributed by atoms with Crippen LogP contribution in [0.1, 0.15) is 0 Å². The maximum Gasteiger partial charge on any atom is 0.133 e. The van der Waals surface area contributed by atoms with E-state index in [1.807, 2.05) is 0 Å². The highest BCUT2D eigenvalue weighted by molar-refractivity contribution is 8.76. The quantitative estimate of drug-likeness (QED) is 0.638. The van der Waals surface area contributed by atoms with Crippen LogP contribution in [0, 0.1) is 0 Å². The zero-order valence-electron chi connectivity index (χ0n) is 7.67. The minimum Gasteiger partial charge on any atom is -0.229 e. The van der Waals surface area contributed by atoms with Crippen molar-refractivity contribution in [1.82, 2.24) is 19.9 Å². The lowest BCUT2D eigenvalue weighted by atomic mass is 10.7. The largest absolute Gasteiger partial charge is 0.229 e. The van der Waals surface area contributed by atoms with Gasteiger partial charge in [-0.25, -0.2) is 19.9 Å². The minimum atomic E-state index is 0.416. The van der Waals surface area contributed by atoms with Gasteiger partial charge in [0.05, 0.1) is 0 Å². The van der Waals surface area contributed by atoms with Crippen LogP contribution in [0.5, 0.6) is 0 Å². The van der Waals surface area contributed by atoms with Crippen molar-refractivity contribution in [3.63, 3.8) is 0 Å². The molecule has 0 aliphatic carbocycles. The summed E-state index contributed by atoms with van der Waals surface area (Å²) in [6, 6.07) is 3.37. The molecule has 0 atom stereocenters. The van der Waals surface area contributed by atoms with E-state index in [1.54, 1.807) is 12.1 Å². The van der Waals surface area contributed by atoms with Crippen molar-refractivity contribution in [3.8, 4) is 0 Å². The van der Waals surface area contributed by atoms with Crippen molar-refractivity contribution in [3.05, 3.63) is 35.1 Å². The molecule has 0 radical (unpaired) electrons. The van der Waals surface area contributed by atoms with Crippen molar-refractivity contribution in [2.75, 3.05) is 0 Å². The fourth-order valence-corrected chi connectivity index (χ4v) is 2.96. The molecule has 0 fully saturated rings. The summed E-state index contributed by atoms with van der Waals surface area (Å²) in [7, 11) is 2.86. The maximum atomic E-state index is 5.73. The molecule has 2 aromatic heterocycles. The number of aromatic nitrogens is 4. The Balaban J connectivity index is 2.02. The van der Waals surface area contributed by atoms with Crippen molar-refractivity contribution >= 4 is 44.8 Å². The summed E-state index contributed by atoms with van der Waals surface area (Å²) in [6.07, 6.45) is 2.83. The van der Waals surface area contributed by atoms with Crippen LogP contribution in [0.4, 0.5) is 0 Å². The molecule has 0 unspecified atom stereocenters. The van der Waals surface area contributed by atoms with Crippen LogP contribution in [-0.2, 0) is 0 Å². The second-order valence-corrected chi connectivity index (χ2v) is 5.47. The Kier molecular flexibility index (Phi) is 4.22. The van der Waals surface area contributed by atoms with Crippen molar-refractivity contribution in [2.45, 2.75) is 10.1 Å². The van der Waals surface area contributed by atoms with Crippen LogP contribution in [0.3, 0.4) is 0 Å². The molecule has 8 heteroatoms. The molecule has 82 valence electrons. The van der Waals surface area contributed by atoms with Gasteiger partial charge in [0, 0.05) is 12.1 Å². The van der Waals surface area contributed by atoms with Crippen LogP contribution in [0.2, 0.25) is 10.3 Å². The number of halogens is 2. The van der Waals surface area contributed by atoms with E-state index in [4.69, 9.17) is 23.2 Å². The summed E-state index contributed by atoms with van der Waals surface area (Å²) >= 11 is 11.5. The topological polar surface area (TPSA) is 51.6 Å². The van der Waals surface area contributed by atoms with Gasteiger partial charge in [0.2, 0.25) is 0 Å². The Labute approximate surface area is 110 Å². The Morgan fingerprint density at radius 2 is 1.19 bits per heavy atom. The second-order valence-electron chi connectivity index (χ2n) is 2.52. The Morgan fingerprint density at radius 1 is 0.750 bits per heavy atom. The number of rotatable bonds is 3. The van der Waals surface area contributed by atoms with E-state index in [9.17, 15) is 0 Å². The second kappa shape index (κ2) is 5.67. The molecule has 0 aliphatic rings. The standard InChI is InChI=1S/C8H4Cl2N4S2/c9-5-1-7(13-3-11-5)15-16-8-2-6(10)12-4-14-8/h1-4H. The van der Waals surface area contributed by atoms with Gasteiger partial charge in [-0.2, -0.15) is 0 Å². The Bertz CT molecular complexity index is 451. The van der Waals surface area contributed by atoms with Crippen molar-refractivity contribution in [1.29, 1.82) is 0 Å². The first-order valence-corrected chi connectivity index (χ1v) is 6.94. The van der Waals surface area contributed by atoms with Gasteiger partial charge in [0.15, 0.2) is 0 Å². The Morgan fingerprint density at radius 3 is 1.56 bits per heavy atom.